The van der Waals surface area contributed by atoms with Gasteiger partial charge in [0.2, 0.25) is 0 Å². The number of rotatable bonds is 2. The maximum atomic E-state index is 12.6. The topological polar surface area (TPSA) is 23.8 Å². The minimum atomic E-state index is -4.51. The van der Waals surface area contributed by atoms with Crippen molar-refractivity contribution in [2.24, 2.45) is 5.41 Å². The number of hydrogen-bond donors (Lipinski definition) is 0. The van der Waals surface area contributed by atoms with Gasteiger partial charge in [-0.1, -0.05) is 29.8 Å². The molecule has 0 bridgehead atoms. The molecule has 0 aliphatic carbocycles. The molecule has 1 nitrogen and oxygen atoms in total. The van der Waals surface area contributed by atoms with Gasteiger partial charge in [0.1, 0.15) is 0 Å². The van der Waals surface area contributed by atoms with Crippen molar-refractivity contribution < 1.29 is 13.2 Å². The van der Waals surface area contributed by atoms with Crippen molar-refractivity contribution >= 4 is 0 Å². The van der Waals surface area contributed by atoms with E-state index in [0.29, 0.717) is 5.56 Å². The molecule has 0 N–H and O–H groups in total. The van der Waals surface area contributed by atoms with Crippen LogP contribution in [0.4, 0.5) is 13.2 Å². The van der Waals surface area contributed by atoms with E-state index in [1.807, 2.05) is 6.92 Å². The molecule has 1 aromatic rings. The van der Waals surface area contributed by atoms with Gasteiger partial charge in [0.15, 0.2) is 5.41 Å². The summed E-state index contributed by atoms with van der Waals surface area (Å²) in [6.07, 6.45) is -4.82. The van der Waals surface area contributed by atoms with E-state index in [-0.39, 0.29) is 6.42 Å². The van der Waals surface area contributed by atoms with Crippen molar-refractivity contribution in [3.8, 4) is 6.07 Å². The van der Waals surface area contributed by atoms with E-state index in [0.717, 1.165) is 12.5 Å². The molecule has 0 spiro atoms. The SMILES string of the molecule is Cc1ccc(CC(C)(C#N)C(F)(F)F)cc1. The largest absolute Gasteiger partial charge is 0.407 e. The maximum Gasteiger partial charge on any atom is 0.407 e. The van der Waals surface area contributed by atoms with Gasteiger partial charge in [0, 0.05) is 0 Å². The predicted octanol–water partition coefficient (Wildman–Crippen LogP) is 3.63. The van der Waals surface area contributed by atoms with Gasteiger partial charge in [-0.3, -0.25) is 0 Å². The third-order valence-corrected chi connectivity index (χ3v) is 2.55. The average Bonchev–Trinajstić information content (AvgIpc) is 2.19. The van der Waals surface area contributed by atoms with E-state index in [4.69, 9.17) is 5.26 Å². The summed E-state index contributed by atoms with van der Waals surface area (Å²) in [5.41, 5.74) is -0.816. The zero-order chi connectivity index (χ0) is 12.4. The molecule has 1 aromatic carbocycles. The Bertz CT molecular complexity index is 400. The van der Waals surface area contributed by atoms with Crippen LogP contribution in [0.5, 0.6) is 0 Å². The highest BCUT2D eigenvalue weighted by atomic mass is 19.4. The second-order valence-electron chi connectivity index (χ2n) is 4.10. The molecule has 0 saturated carbocycles. The minimum Gasteiger partial charge on any atom is -0.197 e. The summed E-state index contributed by atoms with van der Waals surface area (Å²) in [5, 5.41) is 8.67. The number of alkyl halides is 3. The number of nitriles is 1. The van der Waals surface area contributed by atoms with Crippen LogP contribution in [0.3, 0.4) is 0 Å². The third kappa shape index (κ3) is 2.54. The van der Waals surface area contributed by atoms with E-state index in [1.54, 1.807) is 24.3 Å². The molecule has 0 aromatic heterocycles. The fraction of sp³-hybridized carbons (Fsp3) is 0.417. The molecule has 1 unspecified atom stereocenters. The predicted molar refractivity (Wildman–Crippen MR) is 54.7 cm³/mol. The summed E-state index contributed by atoms with van der Waals surface area (Å²) in [5.74, 6) is 0. The summed E-state index contributed by atoms with van der Waals surface area (Å²) in [6, 6.07) is 8.08. The first-order chi connectivity index (χ1) is 7.28. The van der Waals surface area contributed by atoms with Crippen LogP contribution < -0.4 is 0 Å². The van der Waals surface area contributed by atoms with Gasteiger partial charge < -0.3 is 0 Å². The molecule has 0 fully saturated rings. The standard InChI is InChI=1S/C12H12F3N/c1-9-3-5-10(6-4-9)7-11(2,8-16)12(13,14)15/h3-6H,7H2,1-2H3. The fourth-order valence-corrected chi connectivity index (χ4v) is 1.32. The van der Waals surface area contributed by atoms with Gasteiger partial charge in [0.05, 0.1) is 6.07 Å². The quantitative estimate of drug-likeness (QED) is 0.756. The highest BCUT2D eigenvalue weighted by Gasteiger charge is 2.51. The normalized spacial score (nSPS) is 15.2. The number of nitrogens with zero attached hydrogens (tertiary/aromatic N) is 1. The Hall–Kier alpha value is -1.50. The molecule has 0 aliphatic rings. The second kappa shape index (κ2) is 4.17. The van der Waals surface area contributed by atoms with Crippen LogP contribution in [0.15, 0.2) is 24.3 Å². The number of halogens is 3. The Morgan fingerprint density at radius 2 is 1.69 bits per heavy atom. The number of aryl methyl sites for hydroxylation is 1. The highest BCUT2D eigenvalue weighted by molar-refractivity contribution is 5.24. The molecule has 86 valence electrons. The summed E-state index contributed by atoms with van der Waals surface area (Å²) >= 11 is 0. The van der Waals surface area contributed by atoms with E-state index >= 15 is 0 Å². The van der Waals surface area contributed by atoms with Crippen LogP contribution in [0, 0.1) is 23.7 Å². The fourth-order valence-electron chi connectivity index (χ4n) is 1.32. The zero-order valence-electron chi connectivity index (χ0n) is 9.10. The van der Waals surface area contributed by atoms with Gasteiger partial charge in [-0.25, -0.2) is 0 Å². The van der Waals surface area contributed by atoms with E-state index in [2.05, 4.69) is 0 Å². The molecule has 0 aliphatic heterocycles. The monoisotopic (exact) mass is 227 g/mol. The average molecular weight is 227 g/mol. The minimum absolute atomic E-state index is 0.312. The first kappa shape index (κ1) is 12.6. The summed E-state index contributed by atoms with van der Waals surface area (Å²) in [7, 11) is 0. The lowest BCUT2D eigenvalue weighted by molar-refractivity contribution is -0.196. The summed E-state index contributed by atoms with van der Waals surface area (Å²) in [6.45, 7) is 2.78. The molecule has 0 saturated heterocycles. The zero-order valence-corrected chi connectivity index (χ0v) is 9.10. The van der Waals surface area contributed by atoms with E-state index < -0.39 is 11.6 Å². The van der Waals surface area contributed by atoms with Gasteiger partial charge in [-0.05, 0) is 25.8 Å². The van der Waals surface area contributed by atoms with Crippen LogP contribution >= 0.6 is 0 Å². The Morgan fingerprint density at radius 3 is 2.06 bits per heavy atom. The van der Waals surface area contributed by atoms with Crippen LogP contribution in [-0.4, -0.2) is 6.18 Å². The van der Waals surface area contributed by atoms with Gasteiger partial charge in [0.25, 0.3) is 0 Å². The number of benzene rings is 1. The first-order valence-electron chi connectivity index (χ1n) is 4.82. The summed E-state index contributed by atoms with van der Waals surface area (Å²) < 4.78 is 37.9. The van der Waals surface area contributed by atoms with Crippen molar-refractivity contribution in [3.63, 3.8) is 0 Å². The maximum absolute atomic E-state index is 12.6. The van der Waals surface area contributed by atoms with Crippen molar-refractivity contribution in [1.82, 2.24) is 0 Å². The number of hydrogen-bond acceptors (Lipinski definition) is 1. The highest BCUT2D eigenvalue weighted by Crippen LogP contribution is 2.40. The van der Waals surface area contributed by atoms with Crippen LogP contribution in [0.2, 0.25) is 0 Å². The Morgan fingerprint density at radius 1 is 1.19 bits per heavy atom. The second-order valence-corrected chi connectivity index (χ2v) is 4.10. The van der Waals surface area contributed by atoms with Gasteiger partial charge in [-0.15, -0.1) is 0 Å². The van der Waals surface area contributed by atoms with E-state index in [1.165, 1.54) is 6.07 Å². The molecular weight excluding hydrogens is 215 g/mol. The Labute approximate surface area is 92.5 Å². The lowest BCUT2D eigenvalue weighted by Crippen LogP contribution is -2.35. The van der Waals surface area contributed by atoms with E-state index in [9.17, 15) is 13.2 Å². The third-order valence-electron chi connectivity index (χ3n) is 2.55. The summed E-state index contributed by atoms with van der Waals surface area (Å²) in [4.78, 5) is 0. The lowest BCUT2D eigenvalue weighted by atomic mass is 9.84. The molecule has 0 amide bonds. The first-order valence-corrected chi connectivity index (χ1v) is 4.82. The van der Waals surface area contributed by atoms with Gasteiger partial charge in [-0.2, -0.15) is 18.4 Å². The lowest BCUT2D eigenvalue weighted by Gasteiger charge is -2.24. The molecule has 1 rings (SSSR count). The molecule has 0 heterocycles. The molecule has 0 radical (unpaired) electrons. The molecule has 16 heavy (non-hydrogen) atoms. The smallest absolute Gasteiger partial charge is 0.197 e. The molecule has 4 heteroatoms. The van der Waals surface area contributed by atoms with Crippen molar-refractivity contribution in [2.45, 2.75) is 26.4 Å². The Kier molecular flexibility index (Phi) is 3.27. The Balaban J connectivity index is 2.95. The van der Waals surface area contributed by atoms with Crippen LogP contribution in [0.25, 0.3) is 0 Å². The van der Waals surface area contributed by atoms with Crippen molar-refractivity contribution in [1.29, 1.82) is 5.26 Å². The van der Waals surface area contributed by atoms with Crippen molar-refractivity contribution in [2.75, 3.05) is 0 Å². The van der Waals surface area contributed by atoms with Crippen molar-refractivity contribution in [3.05, 3.63) is 35.4 Å². The molecule has 1 atom stereocenters. The van der Waals surface area contributed by atoms with Crippen LogP contribution in [-0.2, 0) is 6.42 Å². The van der Waals surface area contributed by atoms with Gasteiger partial charge >= 0.3 is 6.18 Å². The van der Waals surface area contributed by atoms with Crippen LogP contribution in [0.1, 0.15) is 18.1 Å². The molecular formula is C12H12F3N.